The number of methoxy groups -OCH3 is 1. The number of aliphatic hydroxyl groups is 1. The van der Waals surface area contributed by atoms with Crippen molar-refractivity contribution >= 4 is 17.4 Å². The van der Waals surface area contributed by atoms with Gasteiger partial charge in [0.05, 0.1) is 32.1 Å². The molecule has 0 aliphatic heterocycles. The molecular formula is C23H26N6O4. The number of carbonyl (C=O) groups excluding carboxylic acids is 1. The van der Waals surface area contributed by atoms with E-state index < -0.39 is 0 Å². The van der Waals surface area contributed by atoms with Gasteiger partial charge in [-0.2, -0.15) is 0 Å². The van der Waals surface area contributed by atoms with Crippen molar-refractivity contribution < 1.29 is 19.4 Å². The number of nitrogens with zero attached hydrogens (tertiary/aromatic N) is 5. The molecule has 0 spiro atoms. The highest BCUT2D eigenvalue weighted by atomic mass is 16.5. The molecule has 3 aromatic rings. The van der Waals surface area contributed by atoms with Crippen LogP contribution in [0.5, 0.6) is 11.6 Å². The van der Waals surface area contributed by atoms with Gasteiger partial charge in [-0.3, -0.25) is 9.78 Å². The van der Waals surface area contributed by atoms with Crippen LogP contribution in [0.25, 0.3) is 11.5 Å². The Morgan fingerprint density at radius 1 is 1.21 bits per heavy atom. The first kappa shape index (κ1) is 22.4. The molecule has 2 N–H and O–H groups in total. The monoisotopic (exact) mass is 450 g/mol. The molecule has 10 nitrogen and oxygen atoms in total. The van der Waals surface area contributed by atoms with E-state index in [-0.39, 0.29) is 25.7 Å². The van der Waals surface area contributed by atoms with Crippen molar-refractivity contribution in [3.63, 3.8) is 0 Å². The molecule has 0 atom stereocenters. The lowest BCUT2D eigenvalue weighted by Crippen LogP contribution is -2.31. The summed E-state index contributed by atoms with van der Waals surface area (Å²) in [6.45, 7) is 0.236. The quantitative estimate of drug-likeness (QED) is 0.503. The molecule has 0 saturated heterocycles. The number of hydrogen-bond donors (Lipinski definition) is 2. The molecule has 33 heavy (non-hydrogen) atoms. The van der Waals surface area contributed by atoms with Gasteiger partial charge < -0.3 is 24.8 Å². The summed E-state index contributed by atoms with van der Waals surface area (Å²) in [5.41, 5.74) is 3.20. The van der Waals surface area contributed by atoms with E-state index in [0.29, 0.717) is 28.8 Å². The zero-order chi connectivity index (χ0) is 23.2. The number of aliphatic hydroxyl groups excluding tert-OH is 1. The largest absolute Gasteiger partial charge is 0.491 e. The van der Waals surface area contributed by atoms with Crippen LogP contribution in [0.4, 0.5) is 11.5 Å². The number of hydrogen-bond acceptors (Lipinski definition) is 9. The van der Waals surface area contributed by atoms with E-state index in [1.807, 2.05) is 11.9 Å². The van der Waals surface area contributed by atoms with Gasteiger partial charge in [-0.25, -0.2) is 15.0 Å². The Kier molecular flexibility index (Phi) is 6.94. The Morgan fingerprint density at radius 2 is 2.09 bits per heavy atom. The van der Waals surface area contributed by atoms with Gasteiger partial charge in [-0.15, -0.1) is 0 Å². The molecule has 0 unspecified atom stereocenters. The Balaban J connectivity index is 1.54. The minimum absolute atomic E-state index is 0.0728. The van der Waals surface area contributed by atoms with Crippen molar-refractivity contribution in [3.05, 3.63) is 47.9 Å². The van der Waals surface area contributed by atoms with Crippen LogP contribution in [0.2, 0.25) is 0 Å². The zero-order valence-corrected chi connectivity index (χ0v) is 18.6. The van der Waals surface area contributed by atoms with Crippen LogP contribution in [0.1, 0.15) is 17.7 Å². The molecule has 10 heteroatoms. The lowest BCUT2D eigenvalue weighted by atomic mass is 10.2. The first-order chi connectivity index (χ1) is 16.1. The summed E-state index contributed by atoms with van der Waals surface area (Å²) in [7, 11) is 3.38. The summed E-state index contributed by atoms with van der Waals surface area (Å²) < 4.78 is 10.5. The third-order valence-electron chi connectivity index (χ3n) is 5.20. The second kappa shape index (κ2) is 10.2. The summed E-state index contributed by atoms with van der Waals surface area (Å²) >= 11 is 0. The van der Waals surface area contributed by atoms with Crippen LogP contribution in [-0.4, -0.2) is 64.9 Å². The fourth-order valence-electron chi connectivity index (χ4n) is 3.70. The summed E-state index contributed by atoms with van der Waals surface area (Å²) in [5, 5.41) is 11.8. The van der Waals surface area contributed by atoms with E-state index in [1.165, 1.54) is 7.11 Å². The number of aryl methyl sites for hydroxylation is 1. The number of nitrogens with one attached hydrogen (secondary N) is 1. The first-order valence-corrected chi connectivity index (χ1v) is 10.7. The fourth-order valence-corrected chi connectivity index (χ4v) is 3.70. The predicted octanol–water partition coefficient (Wildman–Crippen LogP) is 1.88. The molecule has 172 valence electrons. The number of carbonyl (C=O) groups is 1. The van der Waals surface area contributed by atoms with Gasteiger partial charge in [-0.1, -0.05) is 0 Å². The maximum absolute atomic E-state index is 12.6. The Labute approximate surface area is 191 Å². The molecule has 1 amide bonds. The summed E-state index contributed by atoms with van der Waals surface area (Å²) in [6.07, 6.45) is 5.89. The van der Waals surface area contributed by atoms with Gasteiger partial charge in [0.25, 0.3) is 0 Å². The highest BCUT2D eigenvalue weighted by molar-refractivity contribution is 5.93. The molecule has 0 fully saturated rings. The molecule has 1 aliphatic rings. The number of ether oxygens (including phenoxy) is 2. The van der Waals surface area contributed by atoms with Gasteiger partial charge in [-0.05, 0) is 31.4 Å². The normalized spacial score (nSPS) is 12.2. The number of pyridine rings is 2. The van der Waals surface area contributed by atoms with Gasteiger partial charge in [0.2, 0.25) is 11.8 Å². The van der Waals surface area contributed by atoms with Gasteiger partial charge >= 0.3 is 0 Å². The van der Waals surface area contributed by atoms with Crippen LogP contribution < -0.4 is 19.7 Å². The van der Waals surface area contributed by atoms with Crippen LogP contribution >= 0.6 is 0 Å². The topological polar surface area (TPSA) is 123 Å². The molecule has 1 aliphatic carbocycles. The zero-order valence-electron chi connectivity index (χ0n) is 18.6. The minimum atomic E-state index is -0.186. The van der Waals surface area contributed by atoms with Crippen molar-refractivity contribution in [2.24, 2.45) is 0 Å². The predicted molar refractivity (Wildman–Crippen MR) is 123 cm³/mol. The summed E-state index contributed by atoms with van der Waals surface area (Å²) in [4.78, 5) is 32.5. The molecule has 0 bridgehead atoms. The number of amides is 1. The molecule has 0 saturated carbocycles. The van der Waals surface area contributed by atoms with Crippen molar-refractivity contribution in [2.45, 2.75) is 19.3 Å². The number of likely N-dealkylation sites (N-methyl/N-ethyl adjacent to an activating group) is 1. The molecule has 4 rings (SSSR count). The lowest BCUT2D eigenvalue weighted by molar-refractivity contribution is -0.114. The van der Waals surface area contributed by atoms with Crippen LogP contribution in [0.15, 0.2) is 36.7 Å². The Morgan fingerprint density at radius 3 is 2.85 bits per heavy atom. The summed E-state index contributed by atoms with van der Waals surface area (Å²) in [5.74, 6) is 2.08. The third-order valence-corrected chi connectivity index (χ3v) is 5.20. The minimum Gasteiger partial charge on any atom is -0.491 e. The second-order valence-electron chi connectivity index (χ2n) is 7.59. The average Bonchev–Trinajstić information content (AvgIpc) is 3.31. The van der Waals surface area contributed by atoms with E-state index in [0.717, 1.165) is 36.3 Å². The standard InChI is InChI=1S/C23H26N6O4/c1-29(14-20(31)26-15-6-7-21(32-2)25-13-15)23-17-4-3-5-18(17)27-22(28-23)19-12-16(8-9-24-19)33-11-10-30/h6-9,12-13,30H,3-5,10-11,14H2,1-2H3,(H,26,31). The van der Waals surface area contributed by atoms with E-state index >= 15 is 0 Å². The van der Waals surface area contributed by atoms with Crippen molar-refractivity contribution in [1.29, 1.82) is 0 Å². The van der Waals surface area contributed by atoms with E-state index in [9.17, 15) is 4.79 Å². The van der Waals surface area contributed by atoms with Crippen LogP contribution in [0.3, 0.4) is 0 Å². The lowest BCUT2D eigenvalue weighted by Gasteiger charge is -2.21. The average molecular weight is 450 g/mol. The highest BCUT2D eigenvalue weighted by Crippen LogP contribution is 2.31. The van der Waals surface area contributed by atoms with Crippen molar-refractivity contribution in [1.82, 2.24) is 19.9 Å². The molecule has 0 radical (unpaired) electrons. The smallest absolute Gasteiger partial charge is 0.243 e. The first-order valence-electron chi connectivity index (χ1n) is 10.7. The van der Waals surface area contributed by atoms with Crippen LogP contribution in [-0.2, 0) is 17.6 Å². The van der Waals surface area contributed by atoms with Crippen LogP contribution in [0, 0.1) is 0 Å². The fraction of sp³-hybridized carbons (Fsp3) is 0.348. The maximum Gasteiger partial charge on any atom is 0.243 e. The molecule has 0 aromatic carbocycles. The third kappa shape index (κ3) is 5.35. The van der Waals surface area contributed by atoms with Gasteiger partial charge in [0.1, 0.15) is 23.9 Å². The second-order valence-corrected chi connectivity index (χ2v) is 7.59. The van der Waals surface area contributed by atoms with E-state index in [4.69, 9.17) is 24.5 Å². The molecule has 3 heterocycles. The van der Waals surface area contributed by atoms with E-state index in [1.54, 1.807) is 36.7 Å². The number of rotatable bonds is 9. The Hall–Kier alpha value is -3.79. The SMILES string of the molecule is COc1ccc(NC(=O)CN(C)c2nc(-c3cc(OCCO)ccn3)nc3c2CCC3)cn1. The number of anilines is 2. The van der Waals surface area contributed by atoms with Crippen molar-refractivity contribution in [3.8, 4) is 23.1 Å². The van der Waals surface area contributed by atoms with Gasteiger partial charge in [0, 0.05) is 36.6 Å². The van der Waals surface area contributed by atoms with Gasteiger partial charge in [0.15, 0.2) is 5.82 Å². The molecule has 3 aromatic heterocycles. The van der Waals surface area contributed by atoms with E-state index in [2.05, 4.69) is 15.3 Å². The summed E-state index contributed by atoms with van der Waals surface area (Å²) in [6, 6.07) is 6.90. The maximum atomic E-state index is 12.6. The highest BCUT2D eigenvalue weighted by Gasteiger charge is 2.23. The Bertz CT molecular complexity index is 1120. The molecular weight excluding hydrogens is 424 g/mol. The van der Waals surface area contributed by atoms with Crippen molar-refractivity contribution in [2.75, 3.05) is 44.1 Å². The number of aromatic nitrogens is 4. The number of fused-ring (bicyclic) bond motifs is 1.